The van der Waals surface area contributed by atoms with Gasteiger partial charge in [0.2, 0.25) is 5.95 Å². The molecule has 110 valence electrons. The number of anilines is 2. The van der Waals surface area contributed by atoms with Gasteiger partial charge in [0.15, 0.2) is 0 Å². The van der Waals surface area contributed by atoms with Gasteiger partial charge in [-0.25, -0.2) is 19.9 Å². The van der Waals surface area contributed by atoms with Crippen LogP contribution >= 0.6 is 0 Å². The maximum atomic E-state index is 4.66. The Bertz CT molecular complexity index is 600. The lowest BCUT2D eigenvalue weighted by molar-refractivity contribution is 0.246. The smallest absolute Gasteiger partial charge is 0.228 e. The predicted octanol–water partition coefficient (Wildman–Crippen LogP) is 2.13. The summed E-state index contributed by atoms with van der Waals surface area (Å²) in [6, 6.07) is 3.71. The van der Waals surface area contributed by atoms with Gasteiger partial charge in [-0.3, -0.25) is 0 Å². The molecule has 2 aromatic rings. The van der Waals surface area contributed by atoms with E-state index in [-0.39, 0.29) is 0 Å². The quantitative estimate of drug-likeness (QED) is 0.931. The fraction of sp³-hybridized carbons (Fsp3) is 0.467. The second kappa shape index (κ2) is 6.13. The fourth-order valence-electron chi connectivity index (χ4n) is 2.69. The minimum atomic E-state index is 0.404. The number of rotatable bonds is 3. The summed E-state index contributed by atoms with van der Waals surface area (Å²) in [4.78, 5) is 19.9. The number of hydrogen-bond donors (Lipinski definition) is 1. The average molecular weight is 284 g/mol. The first-order valence-electron chi connectivity index (χ1n) is 7.29. The van der Waals surface area contributed by atoms with E-state index in [0.717, 1.165) is 36.8 Å². The van der Waals surface area contributed by atoms with Crippen molar-refractivity contribution in [2.75, 3.05) is 25.5 Å². The Morgan fingerprint density at radius 3 is 2.81 bits per heavy atom. The molecule has 1 atom stereocenters. The summed E-state index contributed by atoms with van der Waals surface area (Å²) in [5.41, 5.74) is 0.964. The SMILES string of the molecule is Cc1cc(Nc2ncccn2)nc(C2CCCN(C)C2)n1. The number of nitrogens with zero attached hydrogens (tertiary/aromatic N) is 5. The molecule has 0 amide bonds. The van der Waals surface area contributed by atoms with E-state index < -0.39 is 0 Å². The first kappa shape index (κ1) is 13.9. The Morgan fingerprint density at radius 1 is 1.24 bits per heavy atom. The molecule has 1 unspecified atom stereocenters. The highest BCUT2D eigenvalue weighted by Gasteiger charge is 2.22. The van der Waals surface area contributed by atoms with Crippen LogP contribution in [-0.4, -0.2) is 45.0 Å². The molecule has 1 N–H and O–H groups in total. The molecule has 21 heavy (non-hydrogen) atoms. The van der Waals surface area contributed by atoms with Crippen LogP contribution in [0.2, 0.25) is 0 Å². The minimum absolute atomic E-state index is 0.404. The third kappa shape index (κ3) is 3.52. The lowest BCUT2D eigenvalue weighted by Crippen LogP contribution is -2.31. The average Bonchev–Trinajstić information content (AvgIpc) is 2.48. The second-order valence-electron chi connectivity index (χ2n) is 5.55. The Hall–Kier alpha value is -2.08. The highest BCUT2D eigenvalue weighted by atomic mass is 15.2. The molecule has 1 fully saturated rings. The van der Waals surface area contributed by atoms with Crippen molar-refractivity contribution in [1.29, 1.82) is 0 Å². The molecular weight excluding hydrogens is 264 g/mol. The normalized spacial score (nSPS) is 19.4. The molecule has 6 heteroatoms. The summed E-state index contributed by atoms with van der Waals surface area (Å²) in [6.07, 6.45) is 5.76. The third-order valence-corrected chi connectivity index (χ3v) is 3.67. The molecule has 3 heterocycles. The topological polar surface area (TPSA) is 66.8 Å². The van der Waals surface area contributed by atoms with Crippen LogP contribution in [0.25, 0.3) is 0 Å². The van der Waals surface area contributed by atoms with E-state index in [1.54, 1.807) is 18.5 Å². The number of likely N-dealkylation sites (tertiary alicyclic amines) is 1. The van der Waals surface area contributed by atoms with Crippen molar-refractivity contribution < 1.29 is 0 Å². The van der Waals surface area contributed by atoms with Gasteiger partial charge in [-0.15, -0.1) is 0 Å². The summed E-state index contributed by atoms with van der Waals surface area (Å²) in [5, 5.41) is 3.15. The van der Waals surface area contributed by atoms with Crippen LogP contribution in [0.15, 0.2) is 24.5 Å². The summed E-state index contributed by atoms with van der Waals surface area (Å²) in [6.45, 7) is 4.17. The van der Waals surface area contributed by atoms with Crippen LogP contribution in [-0.2, 0) is 0 Å². The third-order valence-electron chi connectivity index (χ3n) is 3.67. The number of nitrogens with one attached hydrogen (secondary N) is 1. The zero-order chi connectivity index (χ0) is 14.7. The number of aromatic nitrogens is 4. The van der Waals surface area contributed by atoms with E-state index in [1.165, 1.54) is 6.42 Å². The van der Waals surface area contributed by atoms with Crippen LogP contribution in [0.1, 0.15) is 30.3 Å². The summed E-state index contributed by atoms with van der Waals surface area (Å²) in [5.74, 6) is 2.64. The van der Waals surface area contributed by atoms with Crippen molar-refractivity contribution >= 4 is 11.8 Å². The highest BCUT2D eigenvalue weighted by molar-refractivity contribution is 5.47. The molecule has 1 saturated heterocycles. The number of aryl methyl sites for hydroxylation is 1. The molecule has 1 aliphatic rings. The van der Waals surface area contributed by atoms with E-state index >= 15 is 0 Å². The number of likely N-dealkylation sites (N-methyl/N-ethyl adjacent to an activating group) is 1. The van der Waals surface area contributed by atoms with Gasteiger partial charge in [-0.1, -0.05) is 0 Å². The van der Waals surface area contributed by atoms with Gasteiger partial charge in [0, 0.05) is 36.6 Å². The van der Waals surface area contributed by atoms with E-state index in [2.05, 4.69) is 37.2 Å². The Labute approximate surface area is 124 Å². The van der Waals surface area contributed by atoms with Crippen LogP contribution in [0.5, 0.6) is 0 Å². The number of piperidine rings is 1. The molecule has 0 radical (unpaired) electrons. The first-order valence-corrected chi connectivity index (χ1v) is 7.29. The van der Waals surface area contributed by atoms with Crippen molar-refractivity contribution in [3.8, 4) is 0 Å². The van der Waals surface area contributed by atoms with Gasteiger partial charge >= 0.3 is 0 Å². The molecule has 0 bridgehead atoms. The second-order valence-corrected chi connectivity index (χ2v) is 5.55. The minimum Gasteiger partial charge on any atom is -0.309 e. The van der Waals surface area contributed by atoms with Crippen molar-refractivity contribution in [3.63, 3.8) is 0 Å². The van der Waals surface area contributed by atoms with Crippen LogP contribution in [0, 0.1) is 6.92 Å². The molecule has 6 nitrogen and oxygen atoms in total. The maximum Gasteiger partial charge on any atom is 0.228 e. The van der Waals surface area contributed by atoms with Crippen molar-refractivity contribution in [2.24, 2.45) is 0 Å². The Balaban J connectivity index is 1.82. The van der Waals surface area contributed by atoms with Gasteiger partial charge in [-0.05, 0) is 39.4 Å². The lowest BCUT2D eigenvalue weighted by atomic mass is 9.97. The van der Waals surface area contributed by atoms with Gasteiger partial charge in [0.1, 0.15) is 11.6 Å². The summed E-state index contributed by atoms with van der Waals surface area (Å²) >= 11 is 0. The molecule has 1 aliphatic heterocycles. The predicted molar refractivity (Wildman–Crippen MR) is 81.6 cm³/mol. The first-order chi connectivity index (χ1) is 10.2. The summed E-state index contributed by atoms with van der Waals surface area (Å²) in [7, 11) is 2.15. The van der Waals surface area contributed by atoms with Crippen LogP contribution < -0.4 is 5.32 Å². The molecule has 0 spiro atoms. The van der Waals surface area contributed by atoms with Crippen LogP contribution in [0.3, 0.4) is 0 Å². The largest absolute Gasteiger partial charge is 0.309 e. The van der Waals surface area contributed by atoms with Gasteiger partial charge in [0.25, 0.3) is 0 Å². The maximum absolute atomic E-state index is 4.66. The van der Waals surface area contributed by atoms with E-state index in [4.69, 9.17) is 0 Å². The Kier molecular flexibility index (Phi) is 4.06. The van der Waals surface area contributed by atoms with Crippen molar-refractivity contribution in [1.82, 2.24) is 24.8 Å². The molecule has 0 aliphatic carbocycles. The Morgan fingerprint density at radius 2 is 2.05 bits per heavy atom. The highest BCUT2D eigenvalue weighted by Crippen LogP contribution is 2.25. The molecule has 3 rings (SSSR count). The molecule has 2 aromatic heterocycles. The van der Waals surface area contributed by atoms with Crippen molar-refractivity contribution in [2.45, 2.75) is 25.7 Å². The number of hydrogen-bond acceptors (Lipinski definition) is 6. The van der Waals surface area contributed by atoms with Gasteiger partial charge < -0.3 is 10.2 Å². The fourth-order valence-corrected chi connectivity index (χ4v) is 2.69. The standard InChI is InChI=1S/C15H20N6/c1-11-9-13(20-15-16-6-4-7-17-15)19-14(18-11)12-5-3-8-21(2)10-12/h4,6-7,9,12H,3,5,8,10H2,1-2H3,(H,16,17,18,19,20). The summed E-state index contributed by atoms with van der Waals surface area (Å²) < 4.78 is 0. The van der Waals surface area contributed by atoms with Crippen LogP contribution in [0.4, 0.5) is 11.8 Å². The monoisotopic (exact) mass is 284 g/mol. The molecule has 0 saturated carbocycles. The van der Waals surface area contributed by atoms with Gasteiger partial charge in [0.05, 0.1) is 0 Å². The lowest BCUT2D eigenvalue weighted by Gasteiger charge is -2.28. The van der Waals surface area contributed by atoms with E-state index in [9.17, 15) is 0 Å². The zero-order valence-electron chi connectivity index (χ0n) is 12.5. The molecular formula is C15H20N6. The molecule has 0 aromatic carbocycles. The zero-order valence-corrected chi connectivity index (χ0v) is 12.5. The van der Waals surface area contributed by atoms with Crippen molar-refractivity contribution in [3.05, 3.63) is 36.0 Å². The van der Waals surface area contributed by atoms with E-state index in [1.807, 2.05) is 13.0 Å². The van der Waals surface area contributed by atoms with Gasteiger partial charge in [-0.2, -0.15) is 0 Å². The van der Waals surface area contributed by atoms with E-state index in [0.29, 0.717) is 11.9 Å².